The lowest BCUT2D eigenvalue weighted by Gasteiger charge is -2.50. The number of aryl methyl sites for hydroxylation is 1. The summed E-state index contributed by atoms with van der Waals surface area (Å²) < 4.78 is 54.5. The smallest absolute Gasteiger partial charge is 0.410 e. The second kappa shape index (κ2) is 15.5. The van der Waals surface area contributed by atoms with Gasteiger partial charge < -0.3 is 33.6 Å². The fraction of sp³-hybridized carbons (Fsp3) is 0.366. The van der Waals surface area contributed by atoms with Crippen molar-refractivity contribution >= 4 is 40.2 Å². The van der Waals surface area contributed by atoms with Gasteiger partial charge in [0.2, 0.25) is 0 Å². The van der Waals surface area contributed by atoms with E-state index in [-0.39, 0.29) is 59.3 Å². The van der Waals surface area contributed by atoms with Gasteiger partial charge in [0, 0.05) is 31.6 Å². The number of morpholine rings is 1. The number of ether oxygens (including phenoxy) is 4. The molecule has 2 saturated heterocycles. The average Bonchev–Trinajstić information content (AvgIpc) is 3.14. The summed E-state index contributed by atoms with van der Waals surface area (Å²) in [7, 11) is 3.24. The number of rotatable bonds is 9. The van der Waals surface area contributed by atoms with E-state index in [0.717, 1.165) is 28.2 Å². The Hall–Kier alpha value is -5.27. The van der Waals surface area contributed by atoms with Crippen LogP contribution in [-0.2, 0) is 22.6 Å². The van der Waals surface area contributed by atoms with Crippen LogP contribution in [0.2, 0.25) is 5.02 Å². The van der Waals surface area contributed by atoms with Gasteiger partial charge in [-0.1, -0.05) is 35.9 Å². The Labute approximate surface area is 323 Å². The van der Waals surface area contributed by atoms with E-state index in [1.807, 2.05) is 87.2 Å². The SMILES string of the molecule is COc1ccc(CN(Cc2ccc(OC)cc2)c2cc(C)cc(-c3c(Cl)cc4c(N5C6COCC5CN(C(=O)OC(C)(C)C)C6)nc(F)nc4c3F)n2)cc1. The van der Waals surface area contributed by atoms with Crippen LogP contribution in [-0.4, -0.2) is 84.2 Å². The topological polar surface area (TPSA) is 102 Å². The van der Waals surface area contributed by atoms with Crippen LogP contribution in [0.25, 0.3) is 22.2 Å². The highest BCUT2D eigenvalue weighted by molar-refractivity contribution is 6.34. The lowest BCUT2D eigenvalue weighted by atomic mass is 10.0. The second-order valence-electron chi connectivity index (χ2n) is 14.8. The van der Waals surface area contributed by atoms with Crippen molar-refractivity contribution in [2.24, 2.45) is 0 Å². The third-order valence-electron chi connectivity index (χ3n) is 9.60. The standard InChI is InChI=1S/C41H43ClF2N6O5/c1-24-15-33(45-34(16-24)48(18-25-7-11-29(52-5)12-8-25)19-26-9-13-30(53-6)14-10-26)35-32(42)17-31-37(36(35)43)46-39(44)47-38(31)50-27-20-49(21-28(50)23-54-22-27)40(51)55-41(2,3)4/h7-17,27-28H,18-23H2,1-6H3. The summed E-state index contributed by atoms with van der Waals surface area (Å²) >= 11 is 6.96. The molecule has 4 heterocycles. The van der Waals surface area contributed by atoms with E-state index in [2.05, 4.69) is 14.9 Å². The van der Waals surface area contributed by atoms with Gasteiger partial charge in [-0.05, 0) is 86.8 Å². The molecule has 14 heteroatoms. The average molecular weight is 773 g/mol. The molecule has 0 N–H and O–H groups in total. The Balaban J connectivity index is 1.26. The number of carbonyl (C=O) groups is 1. The molecule has 3 aromatic carbocycles. The number of hydrogen-bond donors (Lipinski definition) is 0. The molecule has 2 aliphatic rings. The molecule has 2 aliphatic heterocycles. The number of nitrogens with zero attached hydrogens (tertiary/aromatic N) is 6. The van der Waals surface area contributed by atoms with Crippen molar-refractivity contribution < 1.29 is 32.5 Å². The minimum absolute atomic E-state index is 0.00437. The zero-order chi connectivity index (χ0) is 39.0. The molecule has 5 aromatic rings. The van der Waals surface area contributed by atoms with Crippen molar-refractivity contribution in [3.05, 3.63) is 100 Å². The molecular formula is C41H43ClF2N6O5. The van der Waals surface area contributed by atoms with E-state index in [9.17, 15) is 4.79 Å². The molecular weight excluding hydrogens is 730 g/mol. The number of carbonyl (C=O) groups excluding carboxylic acids is 1. The molecule has 55 heavy (non-hydrogen) atoms. The molecule has 0 saturated carbocycles. The Bertz CT molecular complexity index is 2140. The van der Waals surface area contributed by atoms with Gasteiger partial charge in [0.1, 0.15) is 34.3 Å². The molecule has 2 aromatic heterocycles. The van der Waals surface area contributed by atoms with Crippen LogP contribution in [0.1, 0.15) is 37.5 Å². The molecule has 7 rings (SSSR count). The van der Waals surface area contributed by atoms with Gasteiger partial charge in [0.15, 0.2) is 5.82 Å². The van der Waals surface area contributed by atoms with E-state index in [0.29, 0.717) is 18.9 Å². The van der Waals surface area contributed by atoms with E-state index >= 15 is 8.78 Å². The van der Waals surface area contributed by atoms with Crippen molar-refractivity contribution in [1.82, 2.24) is 19.9 Å². The van der Waals surface area contributed by atoms with E-state index in [4.69, 9.17) is 35.5 Å². The van der Waals surface area contributed by atoms with Crippen LogP contribution in [0.3, 0.4) is 0 Å². The summed E-state index contributed by atoms with van der Waals surface area (Å²) in [6, 6.07) is 20.0. The Morgan fingerprint density at radius 3 is 2.02 bits per heavy atom. The maximum absolute atomic E-state index is 16.9. The van der Waals surface area contributed by atoms with Crippen molar-refractivity contribution in [3.63, 3.8) is 0 Å². The molecule has 2 atom stereocenters. The van der Waals surface area contributed by atoms with E-state index < -0.39 is 35.7 Å². The predicted octanol–water partition coefficient (Wildman–Crippen LogP) is 7.98. The zero-order valence-electron chi connectivity index (χ0n) is 31.6. The van der Waals surface area contributed by atoms with Crippen molar-refractivity contribution in [2.75, 3.05) is 50.3 Å². The number of methoxy groups -OCH3 is 2. The molecule has 0 aliphatic carbocycles. The van der Waals surface area contributed by atoms with Crippen LogP contribution in [0, 0.1) is 18.8 Å². The summed E-state index contributed by atoms with van der Waals surface area (Å²) in [4.78, 5) is 31.7. The Kier molecular flexibility index (Phi) is 10.7. The number of amides is 1. The van der Waals surface area contributed by atoms with Crippen LogP contribution in [0.15, 0.2) is 66.7 Å². The fourth-order valence-corrected chi connectivity index (χ4v) is 7.42. The Morgan fingerprint density at radius 2 is 1.47 bits per heavy atom. The normalized spacial score (nSPS) is 17.0. The third kappa shape index (κ3) is 8.23. The molecule has 1 amide bonds. The lowest BCUT2D eigenvalue weighted by molar-refractivity contribution is -0.0107. The summed E-state index contributed by atoms with van der Waals surface area (Å²) in [6.07, 6.45) is -1.54. The zero-order valence-corrected chi connectivity index (χ0v) is 32.4. The van der Waals surface area contributed by atoms with Gasteiger partial charge in [-0.25, -0.2) is 14.2 Å². The van der Waals surface area contributed by atoms with Gasteiger partial charge in [0.25, 0.3) is 0 Å². The summed E-state index contributed by atoms with van der Waals surface area (Å²) in [5.41, 5.74) is 2.20. The highest BCUT2D eigenvalue weighted by Crippen LogP contribution is 2.40. The number of pyridine rings is 1. The molecule has 11 nitrogen and oxygen atoms in total. The van der Waals surface area contributed by atoms with E-state index in [1.54, 1.807) is 31.3 Å². The molecule has 2 bridgehead atoms. The molecule has 2 unspecified atom stereocenters. The number of fused-ring (bicyclic) bond motifs is 3. The number of hydrogen-bond acceptors (Lipinski definition) is 10. The van der Waals surface area contributed by atoms with E-state index in [1.165, 1.54) is 0 Å². The summed E-state index contributed by atoms with van der Waals surface area (Å²) in [5.74, 6) is 1.43. The number of halogens is 3. The minimum atomic E-state index is -1.09. The summed E-state index contributed by atoms with van der Waals surface area (Å²) in [6.45, 7) is 9.26. The number of piperazine rings is 1. The molecule has 0 spiro atoms. The molecule has 2 fully saturated rings. The summed E-state index contributed by atoms with van der Waals surface area (Å²) in [5, 5.41) is 0.306. The number of aromatic nitrogens is 3. The lowest BCUT2D eigenvalue weighted by Crippen LogP contribution is -2.66. The first-order valence-corrected chi connectivity index (χ1v) is 18.4. The van der Waals surface area contributed by atoms with Gasteiger partial charge >= 0.3 is 12.2 Å². The van der Waals surface area contributed by atoms with Gasteiger partial charge in [0.05, 0.1) is 55.8 Å². The van der Waals surface area contributed by atoms with Gasteiger partial charge in [-0.15, -0.1) is 0 Å². The molecule has 288 valence electrons. The van der Waals surface area contributed by atoms with Crippen molar-refractivity contribution in [3.8, 4) is 22.8 Å². The largest absolute Gasteiger partial charge is 0.497 e. The fourth-order valence-electron chi connectivity index (χ4n) is 7.13. The van der Waals surface area contributed by atoms with Crippen LogP contribution in [0.4, 0.5) is 25.2 Å². The van der Waals surface area contributed by atoms with Gasteiger partial charge in [-0.3, -0.25) is 0 Å². The van der Waals surface area contributed by atoms with Gasteiger partial charge in [-0.2, -0.15) is 14.4 Å². The third-order valence-corrected chi connectivity index (χ3v) is 9.90. The predicted molar refractivity (Wildman–Crippen MR) is 207 cm³/mol. The first-order chi connectivity index (χ1) is 26.3. The minimum Gasteiger partial charge on any atom is -0.497 e. The Morgan fingerprint density at radius 1 is 0.891 bits per heavy atom. The highest BCUT2D eigenvalue weighted by Gasteiger charge is 2.42. The number of anilines is 2. The van der Waals surface area contributed by atoms with Crippen LogP contribution in [0.5, 0.6) is 11.5 Å². The quantitative estimate of drug-likeness (QED) is 0.137. The maximum Gasteiger partial charge on any atom is 0.410 e. The monoisotopic (exact) mass is 772 g/mol. The van der Waals surface area contributed by atoms with Crippen LogP contribution >= 0.6 is 11.6 Å². The second-order valence-corrected chi connectivity index (χ2v) is 15.2. The first-order valence-electron chi connectivity index (χ1n) is 18.0. The van der Waals surface area contributed by atoms with Crippen molar-refractivity contribution in [2.45, 2.75) is 58.5 Å². The van der Waals surface area contributed by atoms with Crippen molar-refractivity contribution in [1.29, 1.82) is 0 Å². The highest BCUT2D eigenvalue weighted by atomic mass is 35.5. The maximum atomic E-state index is 16.9. The molecule has 0 radical (unpaired) electrons. The number of benzene rings is 3. The first kappa shape index (κ1) is 38.0. The van der Waals surface area contributed by atoms with Crippen LogP contribution < -0.4 is 19.3 Å².